The Morgan fingerprint density at radius 3 is 3.21 bits per heavy atom. The van der Waals surface area contributed by atoms with Crippen LogP contribution >= 0.6 is 0 Å². The van der Waals surface area contributed by atoms with Crippen LogP contribution in [-0.2, 0) is 22.6 Å². The number of carboxylic acid groups (broad SMARTS) is 1. The maximum absolute atomic E-state index is 10.9. The smallest absolute Gasteiger partial charge is 0.303 e. The highest BCUT2D eigenvalue weighted by molar-refractivity contribution is 5.67. The second kappa shape index (κ2) is 6.68. The number of carboxylic acids is 1. The van der Waals surface area contributed by atoms with Gasteiger partial charge in [-0.3, -0.25) is 4.79 Å². The lowest BCUT2D eigenvalue weighted by molar-refractivity contribution is -0.138. The van der Waals surface area contributed by atoms with Gasteiger partial charge in [-0.1, -0.05) is 5.16 Å². The molecule has 6 heteroatoms. The first kappa shape index (κ1) is 14.0. The number of carbonyl (C=O) groups is 1. The Morgan fingerprint density at radius 1 is 1.63 bits per heavy atom. The van der Waals surface area contributed by atoms with Gasteiger partial charge in [0.1, 0.15) is 6.61 Å². The van der Waals surface area contributed by atoms with E-state index in [9.17, 15) is 4.79 Å². The Kier molecular flexibility index (Phi) is 4.93. The van der Waals surface area contributed by atoms with Crippen molar-refractivity contribution in [2.45, 2.75) is 25.9 Å². The largest absolute Gasteiger partial charge is 0.481 e. The van der Waals surface area contributed by atoms with Crippen molar-refractivity contribution in [3.05, 3.63) is 17.5 Å². The molecule has 1 aliphatic heterocycles. The Bertz CT molecular complexity index is 419. The van der Waals surface area contributed by atoms with Crippen LogP contribution in [-0.4, -0.2) is 36.4 Å². The average molecular weight is 268 g/mol. The molecule has 106 valence electrons. The monoisotopic (exact) mass is 268 g/mol. The third kappa shape index (κ3) is 4.04. The van der Waals surface area contributed by atoms with Gasteiger partial charge in [0.2, 0.25) is 0 Å². The minimum Gasteiger partial charge on any atom is -0.481 e. The molecule has 1 saturated heterocycles. The van der Waals surface area contributed by atoms with Gasteiger partial charge in [-0.05, 0) is 37.8 Å². The van der Waals surface area contributed by atoms with E-state index >= 15 is 0 Å². The van der Waals surface area contributed by atoms with Crippen LogP contribution in [0, 0.1) is 11.8 Å². The molecule has 2 atom stereocenters. The van der Waals surface area contributed by atoms with Crippen molar-refractivity contribution >= 4 is 5.97 Å². The van der Waals surface area contributed by atoms with Crippen molar-refractivity contribution in [2.75, 3.05) is 20.2 Å². The van der Waals surface area contributed by atoms with Gasteiger partial charge in [0.15, 0.2) is 5.76 Å². The number of piperidine rings is 1. The van der Waals surface area contributed by atoms with Crippen molar-refractivity contribution in [2.24, 2.45) is 11.8 Å². The van der Waals surface area contributed by atoms with E-state index in [4.69, 9.17) is 14.4 Å². The van der Waals surface area contributed by atoms with E-state index in [1.54, 1.807) is 7.11 Å². The van der Waals surface area contributed by atoms with Crippen molar-refractivity contribution in [1.82, 2.24) is 10.5 Å². The fraction of sp³-hybridized carbons (Fsp3) is 0.692. The quantitative estimate of drug-likeness (QED) is 0.802. The van der Waals surface area contributed by atoms with Crippen molar-refractivity contribution in [3.63, 3.8) is 0 Å². The molecule has 0 bridgehead atoms. The molecular weight excluding hydrogens is 248 g/mol. The molecule has 0 radical (unpaired) electrons. The Balaban J connectivity index is 1.95. The maximum Gasteiger partial charge on any atom is 0.303 e. The van der Waals surface area contributed by atoms with Crippen LogP contribution in [0.2, 0.25) is 0 Å². The highest BCUT2D eigenvalue weighted by Crippen LogP contribution is 2.26. The number of methoxy groups -OCH3 is 1. The summed E-state index contributed by atoms with van der Waals surface area (Å²) >= 11 is 0. The van der Waals surface area contributed by atoms with E-state index < -0.39 is 5.97 Å². The Hall–Kier alpha value is -1.40. The molecular formula is C13H20N2O4. The molecule has 2 N–H and O–H groups in total. The van der Waals surface area contributed by atoms with Crippen LogP contribution in [0.4, 0.5) is 0 Å². The third-order valence-corrected chi connectivity index (χ3v) is 3.57. The molecule has 1 aliphatic rings. The number of aromatic nitrogens is 1. The number of rotatable bonds is 6. The fourth-order valence-corrected chi connectivity index (χ4v) is 2.64. The van der Waals surface area contributed by atoms with E-state index in [0.29, 0.717) is 18.3 Å². The van der Waals surface area contributed by atoms with Crippen LogP contribution in [0.15, 0.2) is 10.6 Å². The van der Waals surface area contributed by atoms with Gasteiger partial charge in [0.25, 0.3) is 0 Å². The van der Waals surface area contributed by atoms with Gasteiger partial charge >= 0.3 is 5.97 Å². The molecule has 0 aliphatic carbocycles. The number of aliphatic carboxylic acids is 1. The minimum atomic E-state index is -0.725. The highest BCUT2D eigenvalue weighted by atomic mass is 16.5. The molecule has 1 fully saturated rings. The lowest BCUT2D eigenvalue weighted by Gasteiger charge is -2.30. The Morgan fingerprint density at radius 2 is 2.47 bits per heavy atom. The molecule has 0 saturated carbocycles. The van der Waals surface area contributed by atoms with Crippen molar-refractivity contribution in [1.29, 1.82) is 0 Å². The van der Waals surface area contributed by atoms with Crippen LogP contribution in [0.1, 0.15) is 24.3 Å². The molecule has 1 aromatic rings. The lowest BCUT2D eigenvalue weighted by atomic mass is 9.81. The fourth-order valence-electron chi connectivity index (χ4n) is 2.64. The molecule has 0 unspecified atom stereocenters. The zero-order valence-electron chi connectivity index (χ0n) is 11.1. The van der Waals surface area contributed by atoms with Gasteiger partial charge in [-0.15, -0.1) is 0 Å². The van der Waals surface area contributed by atoms with Crippen LogP contribution < -0.4 is 5.32 Å². The molecule has 0 spiro atoms. The summed E-state index contributed by atoms with van der Waals surface area (Å²) in [7, 11) is 1.61. The predicted molar refractivity (Wildman–Crippen MR) is 67.6 cm³/mol. The van der Waals surface area contributed by atoms with E-state index in [1.807, 2.05) is 6.07 Å². The molecule has 2 rings (SSSR count). The summed E-state index contributed by atoms with van der Waals surface area (Å²) in [5.41, 5.74) is 0.871. The zero-order valence-corrected chi connectivity index (χ0v) is 11.1. The summed E-state index contributed by atoms with van der Waals surface area (Å²) in [6.07, 6.45) is 1.88. The summed E-state index contributed by atoms with van der Waals surface area (Å²) in [6, 6.07) is 1.88. The van der Waals surface area contributed by atoms with Crippen LogP contribution in [0.25, 0.3) is 0 Å². The number of nitrogens with zero attached hydrogens (tertiary/aromatic N) is 1. The number of nitrogens with one attached hydrogen (secondary N) is 1. The molecule has 6 nitrogen and oxygen atoms in total. The Labute approximate surface area is 112 Å². The molecule has 1 aromatic heterocycles. The van der Waals surface area contributed by atoms with E-state index in [1.165, 1.54) is 0 Å². The maximum atomic E-state index is 10.9. The standard InChI is InChI=1S/C13H20N2O4/c1-18-8-12-6-11(15-19-12)4-10-7-14-3-2-9(10)5-13(16)17/h6,9-10,14H,2-5,7-8H2,1H3,(H,16,17)/t9-,10-/m1/s1. The third-order valence-electron chi connectivity index (χ3n) is 3.57. The van der Waals surface area contributed by atoms with Gasteiger partial charge in [-0.25, -0.2) is 0 Å². The molecule has 2 heterocycles. The van der Waals surface area contributed by atoms with Gasteiger partial charge in [-0.2, -0.15) is 0 Å². The first-order valence-electron chi connectivity index (χ1n) is 6.55. The summed E-state index contributed by atoms with van der Waals surface area (Å²) < 4.78 is 10.1. The molecule has 0 amide bonds. The zero-order chi connectivity index (χ0) is 13.7. The predicted octanol–water partition coefficient (Wildman–Crippen LogP) is 1.06. The van der Waals surface area contributed by atoms with Gasteiger partial charge in [0, 0.05) is 19.6 Å². The van der Waals surface area contributed by atoms with Crippen molar-refractivity contribution in [3.8, 4) is 0 Å². The van der Waals surface area contributed by atoms with Gasteiger partial charge < -0.3 is 19.7 Å². The molecule has 19 heavy (non-hydrogen) atoms. The molecule has 0 aromatic carbocycles. The van der Waals surface area contributed by atoms with E-state index in [0.717, 1.165) is 31.6 Å². The summed E-state index contributed by atoms with van der Waals surface area (Å²) in [4.78, 5) is 10.9. The first-order valence-corrected chi connectivity index (χ1v) is 6.55. The SMILES string of the molecule is COCc1cc(C[C@@H]2CNCC[C@@H]2CC(=O)O)no1. The minimum absolute atomic E-state index is 0.210. The summed E-state index contributed by atoms with van der Waals surface area (Å²) in [5, 5.41) is 16.3. The van der Waals surface area contributed by atoms with E-state index in [2.05, 4.69) is 10.5 Å². The summed E-state index contributed by atoms with van der Waals surface area (Å²) in [5.74, 6) is 0.486. The summed E-state index contributed by atoms with van der Waals surface area (Å²) in [6.45, 7) is 2.14. The van der Waals surface area contributed by atoms with E-state index in [-0.39, 0.29) is 12.3 Å². The normalized spacial score (nSPS) is 23.4. The number of ether oxygens (including phenoxy) is 1. The second-order valence-electron chi connectivity index (χ2n) is 5.03. The topological polar surface area (TPSA) is 84.6 Å². The lowest BCUT2D eigenvalue weighted by Crippen LogP contribution is -2.38. The highest BCUT2D eigenvalue weighted by Gasteiger charge is 2.27. The van der Waals surface area contributed by atoms with Crippen LogP contribution in [0.5, 0.6) is 0 Å². The van der Waals surface area contributed by atoms with Crippen molar-refractivity contribution < 1.29 is 19.2 Å². The second-order valence-corrected chi connectivity index (χ2v) is 5.03. The average Bonchev–Trinajstić information content (AvgIpc) is 2.79. The van der Waals surface area contributed by atoms with Gasteiger partial charge in [0.05, 0.1) is 5.69 Å². The number of hydrogen-bond acceptors (Lipinski definition) is 5. The van der Waals surface area contributed by atoms with Crippen LogP contribution in [0.3, 0.4) is 0 Å². The first-order chi connectivity index (χ1) is 9.19. The number of hydrogen-bond donors (Lipinski definition) is 2.